The third-order valence-corrected chi connectivity index (χ3v) is 5.49. The second kappa shape index (κ2) is 8.50. The van der Waals surface area contributed by atoms with Crippen LogP contribution in [-0.4, -0.2) is 38.4 Å². The number of hydrazone groups is 1. The van der Waals surface area contributed by atoms with Crippen molar-refractivity contribution in [3.63, 3.8) is 0 Å². The Bertz CT molecular complexity index is 1200. The first-order valence-corrected chi connectivity index (χ1v) is 10.7. The van der Waals surface area contributed by atoms with Gasteiger partial charge >= 0.3 is 0 Å². The Kier molecular flexibility index (Phi) is 6.05. The van der Waals surface area contributed by atoms with Gasteiger partial charge < -0.3 is 5.11 Å². The number of sulfonamides is 1. The van der Waals surface area contributed by atoms with Crippen LogP contribution in [-0.2, 0) is 14.8 Å². The summed E-state index contributed by atoms with van der Waals surface area (Å²) in [6.45, 7) is -0.474. The van der Waals surface area contributed by atoms with Crippen molar-refractivity contribution in [1.82, 2.24) is 5.43 Å². The van der Waals surface area contributed by atoms with Gasteiger partial charge in [0, 0.05) is 10.6 Å². The number of fused-ring (bicyclic) bond motifs is 1. The first kappa shape index (κ1) is 20.6. The van der Waals surface area contributed by atoms with E-state index in [2.05, 4.69) is 10.5 Å². The summed E-state index contributed by atoms with van der Waals surface area (Å²) in [7, 11) is -3.72. The number of hydrogen-bond acceptors (Lipinski definition) is 5. The zero-order valence-corrected chi connectivity index (χ0v) is 17.0. The van der Waals surface area contributed by atoms with Gasteiger partial charge in [0.15, 0.2) is 0 Å². The molecule has 29 heavy (non-hydrogen) atoms. The molecule has 0 spiro atoms. The molecule has 2 N–H and O–H groups in total. The molecule has 1 amide bonds. The predicted octanol–water partition coefficient (Wildman–Crippen LogP) is 3.12. The Labute approximate surface area is 173 Å². The van der Waals surface area contributed by atoms with E-state index in [1.54, 1.807) is 18.2 Å². The van der Waals surface area contributed by atoms with E-state index in [-0.39, 0.29) is 11.4 Å². The molecule has 0 aliphatic carbocycles. The third-order valence-electron chi connectivity index (χ3n) is 4.11. The Hall–Kier alpha value is -3.10. The van der Waals surface area contributed by atoms with Gasteiger partial charge in [-0.15, -0.1) is 0 Å². The van der Waals surface area contributed by atoms with Crippen LogP contribution in [0.3, 0.4) is 0 Å². The van der Waals surface area contributed by atoms with Crippen LogP contribution in [0.5, 0.6) is 5.75 Å². The van der Waals surface area contributed by atoms with E-state index in [1.165, 1.54) is 24.4 Å². The van der Waals surface area contributed by atoms with E-state index in [0.29, 0.717) is 10.6 Å². The van der Waals surface area contributed by atoms with Gasteiger partial charge in [-0.1, -0.05) is 48.0 Å². The first-order chi connectivity index (χ1) is 13.8. The van der Waals surface area contributed by atoms with Crippen molar-refractivity contribution in [2.75, 3.05) is 17.1 Å². The monoisotopic (exact) mass is 431 g/mol. The number of anilines is 1. The highest BCUT2D eigenvalue weighted by Gasteiger charge is 2.21. The van der Waals surface area contributed by atoms with Crippen LogP contribution in [0.15, 0.2) is 65.8 Å². The summed E-state index contributed by atoms with van der Waals surface area (Å²) in [4.78, 5) is 12.3. The summed E-state index contributed by atoms with van der Waals surface area (Å²) >= 11 is 5.92. The average molecular weight is 432 g/mol. The standard InChI is InChI=1S/C20H18ClN3O4S/c1-29(27,28)24(16-7-4-6-15(21)11-16)13-20(26)23-22-12-18-17-8-3-2-5-14(17)9-10-19(18)25/h2-12,25H,13H2,1H3,(H,23,26)/b22-12-. The fourth-order valence-electron chi connectivity index (χ4n) is 2.79. The highest BCUT2D eigenvalue weighted by molar-refractivity contribution is 7.92. The van der Waals surface area contributed by atoms with Crippen molar-refractivity contribution in [1.29, 1.82) is 0 Å². The first-order valence-electron chi connectivity index (χ1n) is 8.51. The summed E-state index contributed by atoms with van der Waals surface area (Å²) < 4.78 is 25.1. The molecule has 0 bridgehead atoms. The number of nitrogens with zero attached hydrogens (tertiary/aromatic N) is 2. The van der Waals surface area contributed by atoms with Gasteiger partial charge in [0.1, 0.15) is 12.3 Å². The maximum atomic E-state index is 12.3. The predicted molar refractivity (Wildman–Crippen MR) is 115 cm³/mol. The molecule has 0 fully saturated rings. The van der Waals surface area contributed by atoms with E-state index in [9.17, 15) is 18.3 Å². The van der Waals surface area contributed by atoms with Crippen LogP contribution in [0.2, 0.25) is 5.02 Å². The lowest BCUT2D eigenvalue weighted by Gasteiger charge is -2.21. The van der Waals surface area contributed by atoms with Crippen LogP contribution < -0.4 is 9.73 Å². The van der Waals surface area contributed by atoms with Gasteiger partial charge in [0.2, 0.25) is 10.0 Å². The largest absolute Gasteiger partial charge is 0.507 e. The lowest BCUT2D eigenvalue weighted by Crippen LogP contribution is -2.39. The highest BCUT2D eigenvalue weighted by atomic mass is 35.5. The van der Waals surface area contributed by atoms with Crippen LogP contribution in [0.25, 0.3) is 10.8 Å². The van der Waals surface area contributed by atoms with E-state index in [1.807, 2.05) is 24.3 Å². The molecule has 0 aliphatic heterocycles. The summed E-state index contributed by atoms with van der Waals surface area (Å²) in [5.74, 6) is -0.634. The number of aromatic hydroxyl groups is 1. The molecule has 0 saturated heterocycles. The zero-order chi connectivity index (χ0) is 21.0. The van der Waals surface area contributed by atoms with Crippen molar-refractivity contribution in [3.8, 4) is 5.75 Å². The maximum Gasteiger partial charge on any atom is 0.260 e. The van der Waals surface area contributed by atoms with Crippen LogP contribution in [0.1, 0.15) is 5.56 Å². The molecule has 0 unspecified atom stereocenters. The Balaban J connectivity index is 1.77. The minimum atomic E-state index is -3.72. The van der Waals surface area contributed by atoms with E-state index in [0.717, 1.165) is 21.3 Å². The number of hydrogen-bond donors (Lipinski definition) is 2. The van der Waals surface area contributed by atoms with Crippen molar-refractivity contribution in [2.45, 2.75) is 0 Å². The Morgan fingerprint density at radius 2 is 1.93 bits per heavy atom. The number of nitrogens with one attached hydrogen (secondary N) is 1. The van der Waals surface area contributed by atoms with Gasteiger partial charge in [-0.05, 0) is 35.0 Å². The molecule has 3 aromatic rings. The molecule has 7 nitrogen and oxygen atoms in total. The Morgan fingerprint density at radius 1 is 1.17 bits per heavy atom. The number of amides is 1. The number of rotatable bonds is 6. The molecule has 3 aromatic carbocycles. The van der Waals surface area contributed by atoms with Crippen LogP contribution >= 0.6 is 11.6 Å². The topological polar surface area (TPSA) is 99.1 Å². The molecule has 0 radical (unpaired) electrons. The number of phenols is 1. The lowest BCUT2D eigenvalue weighted by molar-refractivity contribution is -0.119. The molecule has 0 aliphatic rings. The molecule has 0 saturated carbocycles. The third kappa shape index (κ3) is 5.04. The summed E-state index contributed by atoms with van der Waals surface area (Å²) in [5, 5.41) is 16.0. The van der Waals surface area contributed by atoms with E-state index in [4.69, 9.17) is 11.6 Å². The van der Waals surface area contributed by atoms with Crippen molar-refractivity contribution in [2.24, 2.45) is 5.10 Å². The second-order valence-electron chi connectivity index (χ2n) is 6.26. The fraction of sp³-hybridized carbons (Fsp3) is 0.100. The maximum absolute atomic E-state index is 12.3. The molecular formula is C20H18ClN3O4S. The van der Waals surface area contributed by atoms with Gasteiger partial charge in [-0.25, -0.2) is 13.8 Å². The molecule has 150 valence electrons. The normalized spacial score (nSPS) is 11.7. The Morgan fingerprint density at radius 3 is 2.66 bits per heavy atom. The smallest absolute Gasteiger partial charge is 0.260 e. The van der Waals surface area contributed by atoms with Gasteiger partial charge in [-0.2, -0.15) is 5.10 Å². The number of carbonyl (C=O) groups excluding carboxylic acids is 1. The van der Waals surface area contributed by atoms with Crippen LogP contribution in [0, 0.1) is 0 Å². The van der Waals surface area contributed by atoms with Crippen molar-refractivity contribution in [3.05, 3.63) is 71.2 Å². The quantitative estimate of drug-likeness (QED) is 0.462. The summed E-state index contributed by atoms with van der Waals surface area (Å²) in [6.07, 6.45) is 2.32. The molecule has 0 heterocycles. The molecule has 0 atom stereocenters. The number of carbonyl (C=O) groups is 1. The lowest BCUT2D eigenvalue weighted by atomic mass is 10.0. The summed E-state index contributed by atoms with van der Waals surface area (Å²) in [6, 6.07) is 16.9. The molecule has 3 rings (SSSR count). The SMILES string of the molecule is CS(=O)(=O)N(CC(=O)N/N=C\c1c(O)ccc2ccccc12)c1cccc(Cl)c1. The van der Waals surface area contributed by atoms with Crippen LogP contribution in [0.4, 0.5) is 5.69 Å². The van der Waals surface area contributed by atoms with Crippen molar-refractivity contribution >= 4 is 50.2 Å². The van der Waals surface area contributed by atoms with Crippen molar-refractivity contribution < 1.29 is 18.3 Å². The summed E-state index contributed by atoms with van der Waals surface area (Å²) in [5.41, 5.74) is 3.00. The minimum absolute atomic E-state index is 0.0124. The number of phenolic OH excluding ortho intramolecular Hbond substituents is 1. The second-order valence-corrected chi connectivity index (χ2v) is 8.61. The number of benzene rings is 3. The number of halogens is 1. The van der Waals surface area contributed by atoms with Gasteiger partial charge in [0.05, 0.1) is 18.2 Å². The molecular weight excluding hydrogens is 414 g/mol. The molecule has 9 heteroatoms. The minimum Gasteiger partial charge on any atom is -0.507 e. The highest BCUT2D eigenvalue weighted by Crippen LogP contribution is 2.25. The van der Waals surface area contributed by atoms with E-state index < -0.39 is 22.5 Å². The van der Waals surface area contributed by atoms with E-state index >= 15 is 0 Å². The van der Waals surface area contributed by atoms with Gasteiger partial charge in [-0.3, -0.25) is 9.10 Å². The average Bonchev–Trinajstić information content (AvgIpc) is 2.67. The molecule has 0 aromatic heterocycles. The fourth-order valence-corrected chi connectivity index (χ4v) is 3.82. The zero-order valence-electron chi connectivity index (χ0n) is 15.4. The van der Waals surface area contributed by atoms with Gasteiger partial charge in [0.25, 0.3) is 5.91 Å².